The molecule has 0 aliphatic heterocycles. The number of thiazole rings is 1. The van der Waals surface area contributed by atoms with E-state index in [1.54, 1.807) is 25.3 Å². The van der Waals surface area contributed by atoms with Gasteiger partial charge in [-0.2, -0.15) is 4.99 Å². The molecule has 1 amide bonds. The average Bonchev–Trinajstić information content (AvgIpc) is 2.96. The molecule has 0 fully saturated rings. The van der Waals surface area contributed by atoms with E-state index >= 15 is 0 Å². The highest BCUT2D eigenvalue weighted by molar-refractivity contribution is 7.16. The number of amides is 1. The van der Waals surface area contributed by atoms with Gasteiger partial charge in [0, 0.05) is 12.6 Å². The number of aryl methyl sites for hydroxylation is 2. The number of aromatic nitrogens is 1. The molecule has 25 heavy (non-hydrogen) atoms. The lowest BCUT2D eigenvalue weighted by molar-refractivity contribution is 0.0995. The summed E-state index contributed by atoms with van der Waals surface area (Å²) in [6.07, 6.45) is 0. The van der Waals surface area contributed by atoms with Crippen molar-refractivity contribution in [1.29, 1.82) is 0 Å². The second kappa shape index (κ2) is 7.11. The summed E-state index contributed by atoms with van der Waals surface area (Å²) in [6, 6.07) is 11.3. The second-order valence-corrected chi connectivity index (χ2v) is 6.59. The Kier molecular flexibility index (Phi) is 4.90. The van der Waals surface area contributed by atoms with Crippen molar-refractivity contribution in [2.45, 2.75) is 20.4 Å². The van der Waals surface area contributed by atoms with E-state index in [2.05, 4.69) is 30.1 Å². The number of carbonyl (C=O) groups excluding carboxylic acids is 1. The van der Waals surface area contributed by atoms with Gasteiger partial charge in [0.15, 0.2) is 4.80 Å². The molecule has 3 rings (SSSR count). The van der Waals surface area contributed by atoms with Crippen LogP contribution >= 0.6 is 11.3 Å². The van der Waals surface area contributed by atoms with E-state index in [0.717, 1.165) is 16.8 Å². The molecule has 0 spiro atoms. The van der Waals surface area contributed by atoms with Gasteiger partial charge in [0.1, 0.15) is 11.5 Å². The highest BCUT2D eigenvalue weighted by Crippen LogP contribution is 2.25. The topological polar surface area (TPSA) is 52.8 Å². The quantitative estimate of drug-likeness (QED) is 0.715. The van der Waals surface area contributed by atoms with Crippen molar-refractivity contribution in [2.75, 3.05) is 14.2 Å². The number of rotatable bonds is 4. The Balaban J connectivity index is 2.12. The van der Waals surface area contributed by atoms with Crippen molar-refractivity contribution in [3.05, 3.63) is 52.3 Å². The minimum atomic E-state index is -0.329. The third-order valence-corrected chi connectivity index (χ3v) is 5.03. The molecule has 2 aromatic carbocycles. The van der Waals surface area contributed by atoms with Crippen molar-refractivity contribution in [1.82, 2.24) is 4.57 Å². The number of benzene rings is 2. The molecule has 0 aliphatic rings. The zero-order chi connectivity index (χ0) is 18.0. The van der Waals surface area contributed by atoms with E-state index in [4.69, 9.17) is 9.47 Å². The molecule has 6 heteroatoms. The van der Waals surface area contributed by atoms with Crippen molar-refractivity contribution in [2.24, 2.45) is 4.99 Å². The number of nitrogens with zero attached hydrogens (tertiary/aromatic N) is 2. The summed E-state index contributed by atoms with van der Waals surface area (Å²) in [5.41, 5.74) is 2.69. The molecule has 0 N–H and O–H groups in total. The van der Waals surface area contributed by atoms with Crippen LogP contribution in [0.3, 0.4) is 0 Å². The summed E-state index contributed by atoms with van der Waals surface area (Å²) >= 11 is 1.52. The van der Waals surface area contributed by atoms with Crippen LogP contribution in [0.4, 0.5) is 0 Å². The maximum absolute atomic E-state index is 12.7. The van der Waals surface area contributed by atoms with Gasteiger partial charge in [0.05, 0.1) is 30.0 Å². The molecule has 0 saturated heterocycles. The number of hydrogen-bond acceptors (Lipinski definition) is 4. The smallest absolute Gasteiger partial charge is 0.283 e. The summed E-state index contributed by atoms with van der Waals surface area (Å²) < 4.78 is 13.7. The maximum atomic E-state index is 12.7. The van der Waals surface area contributed by atoms with Gasteiger partial charge >= 0.3 is 0 Å². The minimum Gasteiger partial charge on any atom is -0.497 e. The lowest BCUT2D eigenvalue weighted by Gasteiger charge is -2.07. The largest absolute Gasteiger partial charge is 0.497 e. The Morgan fingerprint density at radius 3 is 2.64 bits per heavy atom. The summed E-state index contributed by atoms with van der Waals surface area (Å²) in [4.78, 5) is 17.8. The lowest BCUT2D eigenvalue weighted by atomic mass is 10.2. The SMILES string of the molecule is CCn1c(=NC(=O)c2ccc(OC)cc2OC)sc2cc(C)ccc21. The number of fused-ring (bicyclic) bond motifs is 1. The van der Waals surface area contributed by atoms with Crippen molar-refractivity contribution >= 4 is 27.5 Å². The van der Waals surface area contributed by atoms with E-state index in [0.29, 0.717) is 21.9 Å². The summed E-state index contributed by atoms with van der Waals surface area (Å²) in [5, 5.41) is 0. The van der Waals surface area contributed by atoms with Gasteiger partial charge in [-0.15, -0.1) is 0 Å². The molecule has 1 heterocycles. The molecular weight excluding hydrogens is 336 g/mol. The Hall–Kier alpha value is -2.60. The molecule has 3 aromatic rings. The fourth-order valence-corrected chi connectivity index (χ4v) is 3.88. The number of ether oxygens (including phenoxy) is 2. The zero-order valence-electron chi connectivity index (χ0n) is 14.7. The average molecular weight is 356 g/mol. The van der Waals surface area contributed by atoms with Gasteiger partial charge in [-0.3, -0.25) is 4.79 Å². The van der Waals surface area contributed by atoms with E-state index in [1.807, 2.05) is 11.5 Å². The summed E-state index contributed by atoms with van der Waals surface area (Å²) in [5.74, 6) is 0.757. The van der Waals surface area contributed by atoms with Gasteiger partial charge in [-0.1, -0.05) is 17.4 Å². The molecular formula is C19H20N2O3S. The van der Waals surface area contributed by atoms with E-state index in [-0.39, 0.29) is 5.91 Å². The van der Waals surface area contributed by atoms with E-state index in [9.17, 15) is 4.79 Å². The third kappa shape index (κ3) is 3.30. The fourth-order valence-electron chi connectivity index (χ4n) is 2.69. The van der Waals surface area contributed by atoms with Gasteiger partial charge < -0.3 is 14.0 Å². The first-order chi connectivity index (χ1) is 12.1. The molecule has 0 bridgehead atoms. The van der Waals surface area contributed by atoms with Gasteiger partial charge in [-0.05, 0) is 43.7 Å². The van der Waals surface area contributed by atoms with Gasteiger partial charge in [-0.25, -0.2) is 0 Å². The van der Waals surface area contributed by atoms with Gasteiger partial charge in [0.25, 0.3) is 5.91 Å². The Morgan fingerprint density at radius 2 is 1.96 bits per heavy atom. The highest BCUT2D eigenvalue weighted by Gasteiger charge is 2.14. The zero-order valence-corrected chi connectivity index (χ0v) is 15.5. The maximum Gasteiger partial charge on any atom is 0.283 e. The second-order valence-electron chi connectivity index (χ2n) is 5.58. The number of hydrogen-bond donors (Lipinski definition) is 0. The Morgan fingerprint density at radius 1 is 1.16 bits per heavy atom. The standard InChI is InChI=1S/C19H20N2O3S/c1-5-21-15-9-6-12(2)10-17(15)25-19(21)20-18(22)14-8-7-13(23-3)11-16(14)24-4/h6-11H,5H2,1-4H3. The van der Waals surface area contributed by atoms with Crippen molar-refractivity contribution < 1.29 is 14.3 Å². The van der Waals surface area contributed by atoms with Crippen LogP contribution in [-0.2, 0) is 6.54 Å². The first kappa shape index (κ1) is 17.2. The number of methoxy groups -OCH3 is 2. The highest BCUT2D eigenvalue weighted by atomic mass is 32.1. The normalized spacial score (nSPS) is 11.8. The van der Waals surface area contributed by atoms with Crippen LogP contribution in [0.15, 0.2) is 41.4 Å². The van der Waals surface area contributed by atoms with Crippen LogP contribution in [0.1, 0.15) is 22.8 Å². The van der Waals surface area contributed by atoms with Crippen molar-refractivity contribution in [3.8, 4) is 11.5 Å². The van der Waals surface area contributed by atoms with Crippen LogP contribution in [0.25, 0.3) is 10.2 Å². The summed E-state index contributed by atoms with van der Waals surface area (Å²) in [7, 11) is 3.10. The van der Waals surface area contributed by atoms with Crippen LogP contribution in [-0.4, -0.2) is 24.7 Å². The predicted molar refractivity (Wildman–Crippen MR) is 99.7 cm³/mol. The fraction of sp³-hybridized carbons (Fsp3) is 0.263. The lowest BCUT2D eigenvalue weighted by Crippen LogP contribution is -2.16. The molecule has 0 radical (unpaired) electrons. The van der Waals surface area contributed by atoms with Crippen LogP contribution in [0.2, 0.25) is 0 Å². The van der Waals surface area contributed by atoms with Gasteiger partial charge in [0.2, 0.25) is 0 Å². The third-order valence-electron chi connectivity index (χ3n) is 3.99. The predicted octanol–water partition coefficient (Wildman–Crippen LogP) is 3.79. The molecule has 0 unspecified atom stereocenters. The van der Waals surface area contributed by atoms with Crippen molar-refractivity contribution in [3.63, 3.8) is 0 Å². The molecule has 1 aromatic heterocycles. The molecule has 0 atom stereocenters. The summed E-state index contributed by atoms with van der Waals surface area (Å²) in [6.45, 7) is 4.85. The number of carbonyl (C=O) groups is 1. The van der Waals surface area contributed by atoms with E-state index in [1.165, 1.54) is 24.0 Å². The Labute approximate surface area is 150 Å². The minimum absolute atomic E-state index is 0.329. The molecule has 0 saturated carbocycles. The molecule has 130 valence electrons. The van der Waals surface area contributed by atoms with E-state index < -0.39 is 0 Å². The van der Waals surface area contributed by atoms with Crippen LogP contribution < -0.4 is 14.3 Å². The first-order valence-electron chi connectivity index (χ1n) is 7.98. The first-order valence-corrected chi connectivity index (χ1v) is 8.80. The molecule has 5 nitrogen and oxygen atoms in total. The monoisotopic (exact) mass is 356 g/mol. The van der Waals surface area contributed by atoms with Crippen LogP contribution in [0, 0.1) is 6.92 Å². The molecule has 0 aliphatic carbocycles. The Bertz CT molecular complexity index is 1000. The van der Waals surface area contributed by atoms with Crippen LogP contribution in [0.5, 0.6) is 11.5 Å².